The van der Waals surface area contributed by atoms with Crippen LogP contribution in [-0.2, 0) is 19.3 Å². The van der Waals surface area contributed by atoms with E-state index in [9.17, 15) is 18.0 Å². The van der Waals surface area contributed by atoms with E-state index in [4.69, 9.17) is 0 Å². The van der Waals surface area contributed by atoms with Gasteiger partial charge in [0.05, 0.1) is 17.3 Å². The minimum absolute atomic E-state index is 0.220. The summed E-state index contributed by atoms with van der Waals surface area (Å²) < 4.78 is 43.1. The Balaban J connectivity index is 1.53. The normalized spacial score (nSPS) is 12.6. The number of benzene rings is 4. The number of nitrogens with one attached hydrogen (secondary N) is 1. The fourth-order valence-corrected chi connectivity index (χ4v) is 5.06. The third kappa shape index (κ3) is 4.84. The Labute approximate surface area is 219 Å². The Morgan fingerprint density at radius 1 is 0.868 bits per heavy atom. The van der Waals surface area contributed by atoms with Crippen molar-refractivity contribution in [3.63, 3.8) is 0 Å². The van der Waals surface area contributed by atoms with Crippen LogP contribution >= 0.6 is 0 Å². The summed E-state index contributed by atoms with van der Waals surface area (Å²) in [7, 11) is 0. The number of aromatic nitrogens is 1. The molecule has 4 nitrogen and oxygen atoms in total. The van der Waals surface area contributed by atoms with E-state index in [1.54, 1.807) is 4.90 Å². The molecule has 0 aliphatic heterocycles. The minimum Gasteiger partial charge on any atom is -0.341 e. The Bertz CT molecular complexity index is 1590. The highest BCUT2D eigenvalue weighted by Gasteiger charge is 2.34. The summed E-state index contributed by atoms with van der Waals surface area (Å²) in [5, 5.41) is 4.73. The van der Waals surface area contributed by atoms with Crippen molar-refractivity contribution in [3.05, 3.63) is 114 Å². The molecular formula is C31H28F3N3O. The molecule has 0 fully saturated rings. The topological polar surface area (TPSA) is 37.3 Å². The first-order valence-corrected chi connectivity index (χ1v) is 12.6. The van der Waals surface area contributed by atoms with Gasteiger partial charge in [-0.15, -0.1) is 0 Å². The highest BCUT2D eigenvalue weighted by atomic mass is 19.4. The summed E-state index contributed by atoms with van der Waals surface area (Å²) in [5.41, 5.74) is 2.86. The predicted molar refractivity (Wildman–Crippen MR) is 146 cm³/mol. The Morgan fingerprint density at radius 2 is 1.53 bits per heavy atom. The lowest BCUT2D eigenvalue weighted by molar-refractivity contribution is -0.136. The molecule has 0 saturated heterocycles. The zero-order chi connectivity index (χ0) is 26.9. The first kappa shape index (κ1) is 25.4. The third-order valence-electron chi connectivity index (χ3n) is 6.99. The number of para-hydroxylation sites is 2. The van der Waals surface area contributed by atoms with E-state index in [-0.39, 0.29) is 18.3 Å². The Hall–Kier alpha value is -4.26. The molecule has 1 aromatic heterocycles. The number of amides is 2. The molecule has 0 spiro atoms. The highest BCUT2D eigenvalue weighted by molar-refractivity contribution is 6.08. The van der Waals surface area contributed by atoms with Crippen LogP contribution in [0.1, 0.15) is 36.6 Å². The molecule has 7 heteroatoms. The number of nitrogens with zero attached hydrogens (tertiary/aromatic N) is 2. The molecule has 1 unspecified atom stereocenters. The fraction of sp³-hybridized carbons (Fsp3) is 0.194. The molecule has 2 amide bonds. The summed E-state index contributed by atoms with van der Waals surface area (Å²) >= 11 is 0. The van der Waals surface area contributed by atoms with Crippen LogP contribution in [0.5, 0.6) is 0 Å². The van der Waals surface area contributed by atoms with Crippen molar-refractivity contribution in [2.75, 3.05) is 5.32 Å². The number of fused-ring (bicyclic) bond motifs is 3. The summed E-state index contributed by atoms with van der Waals surface area (Å²) in [6.45, 7) is 5.03. The number of hydrogen-bond donors (Lipinski definition) is 1. The third-order valence-corrected chi connectivity index (χ3v) is 6.99. The van der Waals surface area contributed by atoms with Crippen molar-refractivity contribution in [3.8, 4) is 0 Å². The largest absolute Gasteiger partial charge is 0.418 e. The maximum absolute atomic E-state index is 13.6. The molecule has 5 aromatic rings. The Morgan fingerprint density at radius 3 is 2.26 bits per heavy atom. The quantitative estimate of drug-likeness (QED) is 0.241. The first-order valence-electron chi connectivity index (χ1n) is 12.6. The molecule has 194 valence electrons. The van der Waals surface area contributed by atoms with Crippen LogP contribution in [0.4, 0.5) is 23.7 Å². The molecular weight excluding hydrogens is 487 g/mol. The van der Waals surface area contributed by atoms with E-state index in [0.29, 0.717) is 0 Å². The molecule has 0 aliphatic rings. The van der Waals surface area contributed by atoms with E-state index in [0.717, 1.165) is 45.5 Å². The molecule has 1 heterocycles. The van der Waals surface area contributed by atoms with E-state index in [2.05, 4.69) is 41.1 Å². The van der Waals surface area contributed by atoms with Crippen LogP contribution in [0.3, 0.4) is 0 Å². The van der Waals surface area contributed by atoms with Crippen molar-refractivity contribution < 1.29 is 18.0 Å². The van der Waals surface area contributed by atoms with Crippen molar-refractivity contribution in [1.29, 1.82) is 0 Å². The minimum atomic E-state index is -4.59. The molecule has 5 rings (SSSR count). The molecule has 38 heavy (non-hydrogen) atoms. The van der Waals surface area contributed by atoms with Crippen LogP contribution in [0.15, 0.2) is 97.1 Å². The number of aryl methyl sites for hydroxylation is 1. The smallest absolute Gasteiger partial charge is 0.341 e. The zero-order valence-corrected chi connectivity index (χ0v) is 21.2. The van der Waals surface area contributed by atoms with Crippen LogP contribution in [0, 0.1) is 0 Å². The second-order valence-electron chi connectivity index (χ2n) is 9.30. The molecule has 0 saturated carbocycles. The average molecular weight is 516 g/mol. The van der Waals surface area contributed by atoms with Crippen LogP contribution < -0.4 is 5.32 Å². The van der Waals surface area contributed by atoms with Crippen molar-refractivity contribution in [2.24, 2.45) is 0 Å². The lowest BCUT2D eigenvalue weighted by atomic mass is 10.0. The lowest BCUT2D eigenvalue weighted by Crippen LogP contribution is -2.37. The van der Waals surface area contributed by atoms with E-state index < -0.39 is 17.8 Å². The molecule has 0 radical (unpaired) electrons. The number of alkyl halides is 3. The van der Waals surface area contributed by atoms with Gasteiger partial charge in [0.25, 0.3) is 0 Å². The standard InChI is InChI=1S/C31H28F3N3O/c1-3-36-28-16-10-7-13-24(28)25-19-22(17-18-29(25)36)20-37(21(2)23-11-5-4-6-12-23)30(38)35-27-15-9-8-14-26(27)31(32,33)34/h4-19,21H,3,20H2,1-2H3,(H,35,38). The number of hydrogen-bond acceptors (Lipinski definition) is 1. The number of urea groups is 1. The number of carbonyl (C=O) groups excluding carboxylic acids is 1. The second-order valence-corrected chi connectivity index (χ2v) is 9.30. The molecule has 4 aromatic carbocycles. The summed E-state index contributed by atoms with van der Waals surface area (Å²) in [5.74, 6) is 0. The van der Waals surface area contributed by atoms with Gasteiger partial charge in [-0.1, -0.05) is 66.7 Å². The number of halogens is 3. The lowest BCUT2D eigenvalue weighted by Gasteiger charge is -2.30. The maximum Gasteiger partial charge on any atom is 0.418 e. The number of rotatable bonds is 6. The number of anilines is 1. The van der Waals surface area contributed by atoms with Crippen molar-refractivity contribution in [1.82, 2.24) is 9.47 Å². The van der Waals surface area contributed by atoms with Gasteiger partial charge in [0.1, 0.15) is 0 Å². The van der Waals surface area contributed by atoms with Crippen LogP contribution in [0.25, 0.3) is 21.8 Å². The fourth-order valence-electron chi connectivity index (χ4n) is 5.06. The summed E-state index contributed by atoms with van der Waals surface area (Å²) in [4.78, 5) is 15.2. The first-order chi connectivity index (χ1) is 18.3. The van der Waals surface area contributed by atoms with Gasteiger partial charge in [-0.25, -0.2) is 4.79 Å². The predicted octanol–water partition coefficient (Wildman–Crippen LogP) is 8.63. The maximum atomic E-state index is 13.6. The summed E-state index contributed by atoms with van der Waals surface area (Å²) in [6, 6.07) is 27.8. The molecule has 0 bridgehead atoms. The highest BCUT2D eigenvalue weighted by Crippen LogP contribution is 2.35. The van der Waals surface area contributed by atoms with Gasteiger partial charge in [-0.2, -0.15) is 13.2 Å². The van der Waals surface area contributed by atoms with E-state index >= 15 is 0 Å². The van der Waals surface area contributed by atoms with Crippen LogP contribution in [-0.4, -0.2) is 15.5 Å². The van der Waals surface area contributed by atoms with Crippen molar-refractivity contribution in [2.45, 2.75) is 39.2 Å². The van der Waals surface area contributed by atoms with Gasteiger partial charge in [0.15, 0.2) is 0 Å². The second kappa shape index (κ2) is 10.2. The SMILES string of the molecule is CCn1c2ccccc2c2cc(CN(C(=O)Nc3ccccc3C(F)(F)F)C(C)c3ccccc3)ccc21. The zero-order valence-electron chi connectivity index (χ0n) is 21.2. The van der Waals surface area contributed by atoms with Gasteiger partial charge >= 0.3 is 12.2 Å². The average Bonchev–Trinajstić information content (AvgIpc) is 3.24. The van der Waals surface area contributed by atoms with Crippen LogP contribution in [0.2, 0.25) is 0 Å². The van der Waals surface area contributed by atoms with Crippen molar-refractivity contribution >= 4 is 33.5 Å². The summed E-state index contributed by atoms with van der Waals surface area (Å²) in [6.07, 6.45) is -4.59. The number of carbonyl (C=O) groups is 1. The van der Waals surface area contributed by atoms with Gasteiger partial charge in [-0.05, 0) is 55.3 Å². The van der Waals surface area contributed by atoms with Gasteiger partial charge in [-0.3, -0.25) is 0 Å². The van der Waals surface area contributed by atoms with Gasteiger partial charge in [0.2, 0.25) is 0 Å². The van der Waals surface area contributed by atoms with Gasteiger partial charge in [0, 0.05) is 34.9 Å². The molecule has 1 atom stereocenters. The van der Waals surface area contributed by atoms with Gasteiger partial charge < -0.3 is 14.8 Å². The Kier molecular flexibility index (Phi) is 6.85. The van der Waals surface area contributed by atoms with E-state index in [1.165, 1.54) is 18.2 Å². The molecule has 1 N–H and O–H groups in total. The van der Waals surface area contributed by atoms with E-state index in [1.807, 2.05) is 55.5 Å². The molecule has 0 aliphatic carbocycles. The monoisotopic (exact) mass is 515 g/mol.